The molecule has 1 atom stereocenters. The molecule has 0 aliphatic heterocycles. The molecule has 6 nitrogen and oxygen atoms in total. The summed E-state index contributed by atoms with van der Waals surface area (Å²) in [5, 5.41) is 8.35. The standard InChI is InChI=1S/C15H22ClN3O3/c1-9(13(20)19-15(2,3)4)17-14(21)18-11-8-6-7-10(16)12(11)22-5/h6-9H,1-5H3,(H,19,20)(H2,17,18,21)/t9-/m0/s1. The lowest BCUT2D eigenvalue weighted by Gasteiger charge is -2.23. The Morgan fingerprint density at radius 3 is 2.45 bits per heavy atom. The van der Waals surface area contributed by atoms with Crippen LogP contribution in [0.3, 0.4) is 0 Å². The molecule has 3 amide bonds. The van der Waals surface area contributed by atoms with Gasteiger partial charge in [-0.15, -0.1) is 0 Å². The summed E-state index contributed by atoms with van der Waals surface area (Å²) in [6.07, 6.45) is 0. The van der Waals surface area contributed by atoms with Gasteiger partial charge in [0.05, 0.1) is 17.8 Å². The molecular formula is C15H22ClN3O3. The number of amides is 3. The van der Waals surface area contributed by atoms with Crippen molar-refractivity contribution in [1.82, 2.24) is 10.6 Å². The van der Waals surface area contributed by atoms with Gasteiger partial charge in [0, 0.05) is 5.54 Å². The fourth-order valence-corrected chi connectivity index (χ4v) is 1.96. The summed E-state index contributed by atoms with van der Waals surface area (Å²) in [5.74, 6) is 0.104. The Hall–Kier alpha value is -1.95. The van der Waals surface area contributed by atoms with Crippen molar-refractivity contribution in [2.75, 3.05) is 12.4 Å². The summed E-state index contributed by atoms with van der Waals surface area (Å²) in [6, 6.07) is 3.81. The molecule has 122 valence electrons. The van der Waals surface area contributed by atoms with Crippen LogP contribution in [0.2, 0.25) is 5.02 Å². The zero-order valence-corrected chi connectivity index (χ0v) is 14.2. The smallest absolute Gasteiger partial charge is 0.319 e. The highest BCUT2D eigenvalue weighted by Gasteiger charge is 2.21. The van der Waals surface area contributed by atoms with Crippen LogP contribution >= 0.6 is 11.6 Å². The van der Waals surface area contributed by atoms with Crippen LogP contribution in [0.5, 0.6) is 5.75 Å². The molecule has 0 bridgehead atoms. The molecule has 0 aliphatic rings. The average molecular weight is 328 g/mol. The minimum atomic E-state index is -0.676. The zero-order valence-electron chi connectivity index (χ0n) is 13.4. The summed E-state index contributed by atoms with van der Waals surface area (Å²) in [7, 11) is 1.46. The topological polar surface area (TPSA) is 79.5 Å². The van der Waals surface area contributed by atoms with Gasteiger partial charge in [0.15, 0.2) is 5.75 Å². The molecule has 7 heteroatoms. The van der Waals surface area contributed by atoms with Gasteiger partial charge in [0.2, 0.25) is 5.91 Å². The van der Waals surface area contributed by atoms with E-state index in [9.17, 15) is 9.59 Å². The van der Waals surface area contributed by atoms with Crippen molar-refractivity contribution in [3.05, 3.63) is 23.2 Å². The third kappa shape index (κ3) is 5.44. The first-order valence-electron chi connectivity index (χ1n) is 6.86. The number of benzene rings is 1. The van der Waals surface area contributed by atoms with Crippen LogP contribution in [0.4, 0.5) is 10.5 Å². The van der Waals surface area contributed by atoms with Crippen LogP contribution in [0.1, 0.15) is 27.7 Å². The number of nitrogens with one attached hydrogen (secondary N) is 3. The molecule has 0 saturated carbocycles. The first kappa shape index (κ1) is 18.1. The van der Waals surface area contributed by atoms with Gasteiger partial charge in [-0.2, -0.15) is 0 Å². The number of halogens is 1. The molecule has 0 heterocycles. The average Bonchev–Trinajstić information content (AvgIpc) is 2.36. The van der Waals surface area contributed by atoms with E-state index in [1.54, 1.807) is 25.1 Å². The number of hydrogen-bond donors (Lipinski definition) is 3. The Bertz CT molecular complexity index is 555. The van der Waals surface area contributed by atoms with E-state index in [1.165, 1.54) is 7.11 Å². The van der Waals surface area contributed by atoms with Crippen LogP contribution in [-0.4, -0.2) is 30.6 Å². The number of carbonyl (C=O) groups is 2. The molecule has 0 saturated heterocycles. The minimum absolute atomic E-state index is 0.263. The van der Waals surface area contributed by atoms with Crippen molar-refractivity contribution in [3.63, 3.8) is 0 Å². The third-order valence-corrected chi connectivity index (χ3v) is 2.96. The minimum Gasteiger partial charge on any atom is -0.493 e. The number of urea groups is 1. The van der Waals surface area contributed by atoms with Crippen LogP contribution in [-0.2, 0) is 4.79 Å². The molecule has 3 N–H and O–H groups in total. The zero-order chi connectivity index (χ0) is 16.9. The van der Waals surface area contributed by atoms with Gasteiger partial charge in [-0.05, 0) is 39.8 Å². The van der Waals surface area contributed by atoms with Gasteiger partial charge >= 0.3 is 6.03 Å². The van der Waals surface area contributed by atoms with Gasteiger partial charge in [0.1, 0.15) is 6.04 Å². The lowest BCUT2D eigenvalue weighted by molar-refractivity contribution is -0.123. The van der Waals surface area contributed by atoms with E-state index in [2.05, 4.69) is 16.0 Å². The van der Waals surface area contributed by atoms with Gasteiger partial charge in [-0.1, -0.05) is 17.7 Å². The van der Waals surface area contributed by atoms with E-state index in [0.717, 1.165) is 0 Å². The van der Waals surface area contributed by atoms with E-state index in [0.29, 0.717) is 16.5 Å². The number of rotatable bonds is 4. The van der Waals surface area contributed by atoms with Gasteiger partial charge < -0.3 is 20.7 Å². The fraction of sp³-hybridized carbons (Fsp3) is 0.467. The first-order valence-corrected chi connectivity index (χ1v) is 7.24. The third-order valence-electron chi connectivity index (χ3n) is 2.66. The number of hydrogen-bond acceptors (Lipinski definition) is 3. The van der Waals surface area contributed by atoms with Crippen LogP contribution in [0, 0.1) is 0 Å². The Morgan fingerprint density at radius 1 is 1.27 bits per heavy atom. The summed E-state index contributed by atoms with van der Waals surface area (Å²) in [6.45, 7) is 7.22. The molecular weight excluding hydrogens is 306 g/mol. The molecule has 1 aromatic carbocycles. The molecule has 0 aliphatic carbocycles. The van der Waals surface area contributed by atoms with Gasteiger partial charge in [-0.3, -0.25) is 4.79 Å². The van der Waals surface area contributed by atoms with Crippen LogP contribution in [0.15, 0.2) is 18.2 Å². The van der Waals surface area contributed by atoms with E-state index >= 15 is 0 Å². The summed E-state index contributed by atoms with van der Waals surface area (Å²) in [5.41, 5.74) is 0.0654. The molecule has 22 heavy (non-hydrogen) atoms. The van der Waals surface area contributed by atoms with E-state index in [-0.39, 0.29) is 11.4 Å². The number of carbonyl (C=O) groups excluding carboxylic acids is 2. The van der Waals surface area contributed by atoms with Gasteiger partial charge in [-0.25, -0.2) is 4.79 Å². The monoisotopic (exact) mass is 327 g/mol. The first-order chi connectivity index (χ1) is 10.1. The summed E-state index contributed by atoms with van der Waals surface area (Å²) in [4.78, 5) is 23.9. The fourth-order valence-electron chi connectivity index (χ4n) is 1.71. The molecule has 1 rings (SSSR count). The van der Waals surface area contributed by atoms with Crippen molar-refractivity contribution >= 4 is 29.2 Å². The lowest BCUT2D eigenvalue weighted by Crippen LogP contribution is -2.51. The van der Waals surface area contributed by atoms with Crippen molar-refractivity contribution in [2.24, 2.45) is 0 Å². The van der Waals surface area contributed by atoms with Crippen molar-refractivity contribution in [2.45, 2.75) is 39.3 Å². The number of para-hydroxylation sites is 1. The highest BCUT2D eigenvalue weighted by molar-refractivity contribution is 6.32. The predicted octanol–water partition coefficient (Wildman–Crippen LogP) is 2.77. The van der Waals surface area contributed by atoms with Crippen molar-refractivity contribution in [1.29, 1.82) is 0 Å². The molecule has 0 radical (unpaired) electrons. The molecule has 0 aromatic heterocycles. The van der Waals surface area contributed by atoms with Crippen LogP contribution < -0.4 is 20.7 Å². The number of methoxy groups -OCH3 is 1. The molecule has 0 spiro atoms. The normalized spacial score (nSPS) is 12.3. The molecule has 0 fully saturated rings. The predicted molar refractivity (Wildman–Crippen MR) is 87.5 cm³/mol. The Morgan fingerprint density at radius 2 is 1.91 bits per heavy atom. The van der Waals surface area contributed by atoms with Gasteiger partial charge in [0.25, 0.3) is 0 Å². The van der Waals surface area contributed by atoms with E-state index in [1.807, 2.05) is 20.8 Å². The maximum absolute atomic E-state index is 12.0. The van der Waals surface area contributed by atoms with Crippen LogP contribution in [0.25, 0.3) is 0 Å². The highest BCUT2D eigenvalue weighted by Crippen LogP contribution is 2.32. The maximum Gasteiger partial charge on any atom is 0.319 e. The van der Waals surface area contributed by atoms with E-state index < -0.39 is 12.1 Å². The summed E-state index contributed by atoms with van der Waals surface area (Å²) < 4.78 is 5.14. The Kier molecular flexibility index (Phi) is 6.05. The van der Waals surface area contributed by atoms with E-state index in [4.69, 9.17) is 16.3 Å². The second kappa shape index (κ2) is 7.35. The Balaban J connectivity index is 2.67. The van der Waals surface area contributed by atoms with Crippen molar-refractivity contribution in [3.8, 4) is 5.75 Å². The highest BCUT2D eigenvalue weighted by atomic mass is 35.5. The number of ether oxygens (including phenoxy) is 1. The number of anilines is 1. The molecule has 1 aromatic rings. The largest absolute Gasteiger partial charge is 0.493 e. The summed E-state index contributed by atoms with van der Waals surface area (Å²) >= 11 is 5.98. The quantitative estimate of drug-likeness (QED) is 0.795. The van der Waals surface area contributed by atoms with Crippen molar-refractivity contribution < 1.29 is 14.3 Å². The Labute approximate surface area is 135 Å². The maximum atomic E-state index is 12.0. The second-order valence-electron chi connectivity index (χ2n) is 5.88. The SMILES string of the molecule is COc1c(Cl)cccc1NC(=O)N[C@@H](C)C(=O)NC(C)(C)C. The second-order valence-corrected chi connectivity index (χ2v) is 6.29. The lowest BCUT2D eigenvalue weighted by atomic mass is 10.1. The molecule has 0 unspecified atom stereocenters.